The van der Waals surface area contributed by atoms with Gasteiger partial charge < -0.3 is 4.74 Å². The molecule has 0 aromatic heterocycles. The minimum Gasteiger partial charge on any atom is -0.493 e. The van der Waals surface area contributed by atoms with E-state index >= 15 is 0 Å². The standard InChI is InChI=1S/C13H18BrFO/c1-13(2,3)10(8-14)9-16-12-6-4-5-11(15)7-12/h4-7,10H,8-9H2,1-3H3. The monoisotopic (exact) mass is 288 g/mol. The number of rotatable bonds is 4. The Morgan fingerprint density at radius 3 is 2.56 bits per heavy atom. The SMILES string of the molecule is CC(C)(C)C(CBr)COc1cccc(F)c1. The van der Waals surface area contributed by atoms with Crippen LogP contribution in [0, 0.1) is 17.2 Å². The van der Waals surface area contributed by atoms with E-state index in [0.717, 1.165) is 5.33 Å². The largest absolute Gasteiger partial charge is 0.493 e. The van der Waals surface area contributed by atoms with Crippen molar-refractivity contribution in [1.29, 1.82) is 0 Å². The Hall–Kier alpha value is -0.570. The van der Waals surface area contributed by atoms with Gasteiger partial charge in [-0.2, -0.15) is 0 Å². The first-order chi connectivity index (χ1) is 7.43. The van der Waals surface area contributed by atoms with E-state index in [9.17, 15) is 4.39 Å². The van der Waals surface area contributed by atoms with Crippen molar-refractivity contribution in [2.24, 2.45) is 11.3 Å². The van der Waals surface area contributed by atoms with Crippen molar-refractivity contribution in [2.45, 2.75) is 20.8 Å². The zero-order valence-electron chi connectivity index (χ0n) is 9.97. The van der Waals surface area contributed by atoms with Crippen LogP contribution in [0.25, 0.3) is 0 Å². The van der Waals surface area contributed by atoms with Crippen LogP contribution in [0.3, 0.4) is 0 Å². The second kappa shape index (κ2) is 5.67. The van der Waals surface area contributed by atoms with Crippen molar-refractivity contribution in [2.75, 3.05) is 11.9 Å². The number of ether oxygens (including phenoxy) is 1. The molecule has 90 valence electrons. The molecule has 0 aliphatic carbocycles. The first-order valence-corrected chi connectivity index (χ1v) is 6.50. The summed E-state index contributed by atoms with van der Waals surface area (Å²) in [5, 5.41) is 0.881. The Morgan fingerprint density at radius 1 is 1.38 bits per heavy atom. The maximum atomic E-state index is 12.9. The molecule has 1 aromatic carbocycles. The van der Waals surface area contributed by atoms with E-state index in [-0.39, 0.29) is 11.2 Å². The van der Waals surface area contributed by atoms with E-state index in [1.54, 1.807) is 12.1 Å². The lowest BCUT2D eigenvalue weighted by Crippen LogP contribution is -2.27. The normalized spacial score (nSPS) is 13.6. The lowest BCUT2D eigenvalue weighted by molar-refractivity contribution is 0.165. The van der Waals surface area contributed by atoms with Gasteiger partial charge in [-0.25, -0.2) is 4.39 Å². The van der Waals surface area contributed by atoms with Gasteiger partial charge in [0.25, 0.3) is 0 Å². The molecule has 16 heavy (non-hydrogen) atoms. The first-order valence-electron chi connectivity index (χ1n) is 5.38. The van der Waals surface area contributed by atoms with E-state index in [2.05, 4.69) is 36.7 Å². The van der Waals surface area contributed by atoms with E-state index in [4.69, 9.17) is 4.74 Å². The lowest BCUT2D eigenvalue weighted by atomic mass is 9.83. The van der Waals surface area contributed by atoms with Crippen LogP contribution in [-0.2, 0) is 0 Å². The van der Waals surface area contributed by atoms with Crippen LogP contribution >= 0.6 is 15.9 Å². The molecule has 0 amide bonds. The zero-order chi connectivity index (χ0) is 12.2. The van der Waals surface area contributed by atoms with Crippen LogP contribution in [0.5, 0.6) is 5.75 Å². The predicted octanol–water partition coefficient (Wildman–Crippen LogP) is 4.26. The van der Waals surface area contributed by atoms with Crippen LogP contribution in [0.15, 0.2) is 24.3 Å². The van der Waals surface area contributed by atoms with Crippen LogP contribution < -0.4 is 4.74 Å². The van der Waals surface area contributed by atoms with Crippen molar-refractivity contribution >= 4 is 15.9 Å². The highest BCUT2D eigenvalue weighted by Crippen LogP contribution is 2.28. The average Bonchev–Trinajstić information content (AvgIpc) is 2.16. The molecule has 3 heteroatoms. The summed E-state index contributed by atoms with van der Waals surface area (Å²) in [4.78, 5) is 0. The molecule has 0 fully saturated rings. The van der Waals surface area contributed by atoms with Gasteiger partial charge in [0.2, 0.25) is 0 Å². The van der Waals surface area contributed by atoms with Crippen molar-refractivity contribution in [1.82, 2.24) is 0 Å². The van der Waals surface area contributed by atoms with Gasteiger partial charge in [-0.05, 0) is 17.5 Å². The molecule has 0 N–H and O–H groups in total. The summed E-state index contributed by atoms with van der Waals surface area (Å²) in [6.45, 7) is 7.12. The number of alkyl halides is 1. The van der Waals surface area contributed by atoms with Crippen LogP contribution in [0.4, 0.5) is 4.39 Å². The summed E-state index contributed by atoms with van der Waals surface area (Å²) in [6.07, 6.45) is 0. The molecule has 0 saturated carbocycles. The number of halogens is 2. The Labute approximate surface area is 105 Å². The molecule has 0 aliphatic rings. The molecule has 0 heterocycles. The molecule has 0 bridgehead atoms. The van der Waals surface area contributed by atoms with Crippen LogP contribution in [0.1, 0.15) is 20.8 Å². The molecule has 0 aliphatic heterocycles. The van der Waals surface area contributed by atoms with Gasteiger partial charge in [0, 0.05) is 17.3 Å². The van der Waals surface area contributed by atoms with Gasteiger partial charge in [-0.15, -0.1) is 0 Å². The minimum atomic E-state index is -0.261. The molecule has 1 rings (SSSR count). The third-order valence-electron chi connectivity index (χ3n) is 2.66. The Kier molecular flexibility index (Phi) is 4.78. The predicted molar refractivity (Wildman–Crippen MR) is 68.6 cm³/mol. The lowest BCUT2D eigenvalue weighted by Gasteiger charge is -2.28. The molecule has 1 nitrogen and oxygen atoms in total. The highest BCUT2D eigenvalue weighted by Gasteiger charge is 2.24. The second-order valence-corrected chi connectivity index (χ2v) is 5.63. The highest BCUT2D eigenvalue weighted by molar-refractivity contribution is 9.09. The summed E-state index contributed by atoms with van der Waals surface area (Å²) in [6, 6.07) is 6.26. The number of hydrogen-bond donors (Lipinski definition) is 0. The first kappa shape index (κ1) is 13.5. The minimum absolute atomic E-state index is 0.177. The third-order valence-corrected chi connectivity index (χ3v) is 3.44. The quantitative estimate of drug-likeness (QED) is 0.752. The zero-order valence-corrected chi connectivity index (χ0v) is 11.6. The second-order valence-electron chi connectivity index (χ2n) is 4.99. The maximum absolute atomic E-state index is 12.9. The Bertz CT molecular complexity index is 333. The smallest absolute Gasteiger partial charge is 0.126 e. The molecule has 1 atom stereocenters. The van der Waals surface area contributed by atoms with Gasteiger partial charge >= 0.3 is 0 Å². The fraction of sp³-hybridized carbons (Fsp3) is 0.538. The van der Waals surface area contributed by atoms with Gasteiger partial charge in [0.15, 0.2) is 0 Å². The fourth-order valence-electron chi connectivity index (χ4n) is 1.28. The summed E-state index contributed by atoms with van der Waals surface area (Å²) in [5.74, 6) is 0.731. The third kappa shape index (κ3) is 4.12. The number of benzene rings is 1. The summed E-state index contributed by atoms with van der Waals surface area (Å²) >= 11 is 3.49. The summed E-state index contributed by atoms with van der Waals surface area (Å²) < 4.78 is 18.5. The van der Waals surface area contributed by atoms with E-state index < -0.39 is 0 Å². The highest BCUT2D eigenvalue weighted by atomic mass is 79.9. The van der Waals surface area contributed by atoms with Gasteiger partial charge in [-0.1, -0.05) is 42.8 Å². The molecule has 1 aromatic rings. The Morgan fingerprint density at radius 2 is 2.06 bits per heavy atom. The van der Waals surface area contributed by atoms with Crippen molar-refractivity contribution in [3.63, 3.8) is 0 Å². The molecule has 0 radical (unpaired) electrons. The average molecular weight is 289 g/mol. The summed E-state index contributed by atoms with van der Waals surface area (Å²) in [5.41, 5.74) is 0.177. The molecule has 1 unspecified atom stereocenters. The molecule has 0 spiro atoms. The number of hydrogen-bond acceptors (Lipinski definition) is 1. The molecular formula is C13H18BrFO. The molecule has 0 saturated heterocycles. The van der Waals surface area contributed by atoms with Gasteiger partial charge in [0.1, 0.15) is 11.6 Å². The van der Waals surface area contributed by atoms with E-state index in [0.29, 0.717) is 18.3 Å². The van der Waals surface area contributed by atoms with Crippen LogP contribution in [-0.4, -0.2) is 11.9 Å². The molecular weight excluding hydrogens is 271 g/mol. The Balaban J connectivity index is 2.56. The van der Waals surface area contributed by atoms with Gasteiger partial charge in [0.05, 0.1) is 6.61 Å². The fourth-order valence-corrected chi connectivity index (χ4v) is 2.44. The van der Waals surface area contributed by atoms with Crippen molar-refractivity contribution in [3.05, 3.63) is 30.1 Å². The van der Waals surface area contributed by atoms with Crippen LogP contribution in [0.2, 0.25) is 0 Å². The maximum Gasteiger partial charge on any atom is 0.126 e. The summed E-state index contributed by atoms with van der Waals surface area (Å²) in [7, 11) is 0. The van der Waals surface area contributed by atoms with Gasteiger partial charge in [-0.3, -0.25) is 0 Å². The van der Waals surface area contributed by atoms with E-state index in [1.165, 1.54) is 12.1 Å². The van der Waals surface area contributed by atoms with Crippen molar-refractivity contribution < 1.29 is 9.13 Å². The van der Waals surface area contributed by atoms with E-state index in [1.807, 2.05) is 0 Å². The van der Waals surface area contributed by atoms with Crippen molar-refractivity contribution in [3.8, 4) is 5.75 Å². The topological polar surface area (TPSA) is 9.23 Å².